The van der Waals surface area contributed by atoms with Crippen molar-refractivity contribution in [3.05, 3.63) is 0 Å². The van der Waals surface area contributed by atoms with Gasteiger partial charge in [-0.15, -0.1) is 0 Å². The third-order valence-corrected chi connectivity index (χ3v) is 2.49. The van der Waals surface area contributed by atoms with E-state index in [1.54, 1.807) is 0 Å². The lowest BCUT2D eigenvalue weighted by Crippen LogP contribution is -2.70. The van der Waals surface area contributed by atoms with E-state index in [9.17, 15) is 52.5 Å². The molecule has 0 saturated carbocycles. The molecule has 0 aliphatic heterocycles. The fourth-order valence-corrected chi connectivity index (χ4v) is 1.19. The summed E-state index contributed by atoms with van der Waals surface area (Å²) >= 11 is -5.18. The summed E-state index contributed by atoms with van der Waals surface area (Å²) in [6.07, 6.45) is -15.0. The molecule has 0 amide bonds. The highest BCUT2D eigenvalue weighted by atomic mass is 32.2. The van der Waals surface area contributed by atoms with Crippen LogP contribution in [0.15, 0.2) is 0 Å². The summed E-state index contributed by atoms with van der Waals surface area (Å²) in [6, 6.07) is 0. The molecular weight excluding hydrogens is 333 g/mol. The highest BCUT2D eigenvalue weighted by molar-refractivity contribution is 7.80. The van der Waals surface area contributed by atoms with E-state index in [-0.39, 0.29) is 0 Å². The molecule has 2 nitrogen and oxygen atoms in total. The molecule has 0 aromatic carbocycles. The lowest BCUT2D eigenvalue weighted by molar-refractivity contribution is -0.416. The van der Waals surface area contributed by atoms with Crippen molar-refractivity contribution in [1.82, 2.24) is 0 Å². The maximum atomic E-state index is 12.7. The smallest absolute Gasteiger partial charge is 0.301 e. The number of alkyl halides is 11. The average Bonchev–Trinajstić information content (AvgIpc) is 2.11. The summed E-state index contributed by atoms with van der Waals surface area (Å²) in [5.41, 5.74) is -7.70. The minimum atomic E-state index is -7.70. The van der Waals surface area contributed by atoms with Gasteiger partial charge >= 0.3 is 29.2 Å². The molecule has 14 heteroatoms. The second-order valence-corrected chi connectivity index (χ2v) is 4.01. The summed E-state index contributed by atoms with van der Waals surface area (Å²) in [5.74, 6) is -7.56. The maximum Gasteiger partial charge on any atom is 0.438 e. The van der Waals surface area contributed by atoms with E-state index < -0.39 is 40.3 Å². The lowest BCUT2D eigenvalue weighted by Gasteiger charge is -2.38. The number of hydrogen-bond acceptors (Lipinski definition) is 1. The average molecular weight is 334 g/mol. The first-order valence-electron chi connectivity index (χ1n) is 3.63. The van der Waals surface area contributed by atoms with Crippen LogP contribution in [0.4, 0.5) is 48.3 Å². The van der Waals surface area contributed by atoms with Gasteiger partial charge in [0.2, 0.25) is 11.1 Å². The zero-order valence-corrected chi connectivity index (χ0v) is 8.74. The third kappa shape index (κ3) is 2.39. The summed E-state index contributed by atoms with van der Waals surface area (Å²) in [4.78, 5) is 0. The van der Waals surface area contributed by atoms with Crippen molar-refractivity contribution in [2.75, 3.05) is 0 Å². The molecule has 0 fully saturated rings. The third-order valence-electron chi connectivity index (χ3n) is 1.80. The highest BCUT2D eigenvalue weighted by Crippen LogP contribution is 2.59. The van der Waals surface area contributed by atoms with Gasteiger partial charge in [0.15, 0.2) is 0 Å². The minimum absolute atomic E-state index is 5.18. The van der Waals surface area contributed by atoms with E-state index >= 15 is 0 Å². The van der Waals surface area contributed by atoms with Crippen LogP contribution in [0.2, 0.25) is 0 Å². The van der Waals surface area contributed by atoms with E-state index in [0.717, 1.165) is 0 Å². The summed E-state index contributed by atoms with van der Waals surface area (Å²) in [5, 5.41) is -6.83. The SMILES string of the molecule is O=S(O)C(F)(F)C(F)(F)C(F)(C(F)(F)F)C(F)(F)F. The molecule has 0 radical (unpaired) electrons. The second-order valence-electron chi connectivity index (χ2n) is 2.99. The summed E-state index contributed by atoms with van der Waals surface area (Å²) in [7, 11) is 0. The van der Waals surface area contributed by atoms with E-state index in [2.05, 4.69) is 0 Å². The largest absolute Gasteiger partial charge is 0.438 e. The van der Waals surface area contributed by atoms with E-state index in [4.69, 9.17) is 4.55 Å². The van der Waals surface area contributed by atoms with Gasteiger partial charge in [-0.05, 0) is 0 Å². The first-order valence-corrected chi connectivity index (χ1v) is 4.74. The van der Waals surface area contributed by atoms with Gasteiger partial charge in [0, 0.05) is 0 Å². The Labute approximate surface area is 98.4 Å². The predicted octanol–water partition coefficient (Wildman–Crippen LogP) is 3.27. The van der Waals surface area contributed by atoms with Gasteiger partial charge in [0.05, 0.1) is 0 Å². The van der Waals surface area contributed by atoms with E-state index in [1.165, 1.54) is 0 Å². The Morgan fingerprint density at radius 3 is 1.11 bits per heavy atom. The standard InChI is InChI=1S/C5HF11O2S/c6-1(3(9,10)11,4(12,13)14)2(7,8)5(15,16)19(17)18/h(H,17,18). The molecule has 1 atom stereocenters. The van der Waals surface area contributed by atoms with Crippen LogP contribution >= 0.6 is 0 Å². The van der Waals surface area contributed by atoms with Crippen molar-refractivity contribution in [2.24, 2.45) is 0 Å². The summed E-state index contributed by atoms with van der Waals surface area (Å²) < 4.78 is 151. The van der Waals surface area contributed by atoms with Crippen molar-refractivity contribution in [3.63, 3.8) is 0 Å². The first-order chi connectivity index (χ1) is 7.94. The molecule has 0 aliphatic carbocycles. The molecule has 116 valence electrons. The minimum Gasteiger partial charge on any atom is -0.301 e. The van der Waals surface area contributed by atoms with Crippen molar-refractivity contribution in [2.45, 2.75) is 29.2 Å². The molecule has 0 bridgehead atoms. The monoisotopic (exact) mass is 334 g/mol. The van der Waals surface area contributed by atoms with Crippen molar-refractivity contribution >= 4 is 11.1 Å². The van der Waals surface area contributed by atoms with Crippen LogP contribution in [0, 0.1) is 0 Å². The molecule has 19 heavy (non-hydrogen) atoms. The molecule has 0 aromatic rings. The zero-order valence-electron chi connectivity index (χ0n) is 7.92. The van der Waals surface area contributed by atoms with Gasteiger partial charge in [0.25, 0.3) is 0 Å². The Morgan fingerprint density at radius 1 is 0.684 bits per heavy atom. The maximum absolute atomic E-state index is 12.7. The van der Waals surface area contributed by atoms with Crippen LogP contribution in [0.5, 0.6) is 0 Å². The molecule has 1 unspecified atom stereocenters. The topological polar surface area (TPSA) is 37.3 Å². The second kappa shape index (κ2) is 4.43. The fourth-order valence-electron chi connectivity index (χ4n) is 0.827. The van der Waals surface area contributed by atoms with Crippen LogP contribution in [0.25, 0.3) is 0 Å². The first kappa shape index (κ1) is 18.3. The van der Waals surface area contributed by atoms with Crippen molar-refractivity contribution < 1.29 is 57.1 Å². The summed E-state index contributed by atoms with van der Waals surface area (Å²) in [6.45, 7) is 0. The van der Waals surface area contributed by atoms with Gasteiger partial charge in [-0.3, -0.25) is 0 Å². The molecule has 0 rings (SSSR count). The van der Waals surface area contributed by atoms with Crippen LogP contribution < -0.4 is 0 Å². The number of hydrogen-bond donors (Lipinski definition) is 1. The van der Waals surface area contributed by atoms with Crippen molar-refractivity contribution in [1.29, 1.82) is 0 Å². The van der Waals surface area contributed by atoms with Gasteiger partial charge in [-0.25, -0.2) is 8.60 Å². The number of halogens is 11. The van der Waals surface area contributed by atoms with E-state index in [1.807, 2.05) is 0 Å². The molecule has 0 aromatic heterocycles. The van der Waals surface area contributed by atoms with Gasteiger partial charge in [-0.2, -0.15) is 43.9 Å². The zero-order chi connectivity index (χ0) is 16.1. The van der Waals surface area contributed by atoms with Crippen molar-refractivity contribution in [3.8, 4) is 0 Å². The Balaban J connectivity index is 6.29. The normalized spacial score (nSPS) is 17.5. The Kier molecular flexibility index (Phi) is 4.27. The van der Waals surface area contributed by atoms with Crippen LogP contribution in [0.1, 0.15) is 0 Å². The molecular formula is C5HF11O2S. The highest BCUT2D eigenvalue weighted by Gasteiger charge is 2.91. The molecule has 0 spiro atoms. The molecule has 0 saturated heterocycles. The quantitative estimate of drug-likeness (QED) is 0.635. The number of rotatable bonds is 3. The van der Waals surface area contributed by atoms with Gasteiger partial charge in [-0.1, -0.05) is 0 Å². The Bertz CT molecular complexity index is 354. The van der Waals surface area contributed by atoms with Crippen LogP contribution in [-0.2, 0) is 11.1 Å². The molecule has 0 heterocycles. The predicted molar refractivity (Wildman–Crippen MR) is 36.6 cm³/mol. The molecule has 1 N–H and O–H groups in total. The fraction of sp³-hybridized carbons (Fsp3) is 1.00. The van der Waals surface area contributed by atoms with Crippen LogP contribution in [-0.4, -0.2) is 38.0 Å². The van der Waals surface area contributed by atoms with Gasteiger partial charge in [0.1, 0.15) is 0 Å². The Hall–Kier alpha value is -0.660. The lowest BCUT2D eigenvalue weighted by atomic mass is 9.96. The molecule has 0 aliphatic rings. The van der Waals surface area contributed by atoms with Crippen LogP contribution in [0.3, 0.4) is 0 Å². The van der Waals surface area contributed by atoms with E-state index in [0.29, 0.717) is 0 Å². The van der Waals surface area contributed by atoms with Gasteiger partial charge < -0.3 is 4.55 Å². The Morgan fingerprint density at radius 2 is 0.947 bits per heavy atom.